The van der Waals surface area contributed by atoms with Gasteiger partial charge in [0.05, 0.1) is 12.3 Å². The smallest absolute Gasteiger partial charge is 0.277 e. The minimum atomic E-state index is 0.0845. The predicted octanol–water partition coefficient (Wildman–Crippen LogP) is -0.830. The van der Waals surface area contributed by atoms with Crippen molar-refractivity contribution in [2.24, 2.45) is 5.73 Å². The van der Waals surface area contributed by atoms with E-state index < -0.39 is 0 Å². The van der Waals surface area contributed by atoms with Crippen LogP contribution in [0.3, 0.4) is 0 Å². The molecule has 90 valence electrons. The van der Waals surface area contributed by atoms with Gasteiger partial charge in [-0.05, 0) is 0 Å². The fourth-order valence-corrected chi connectivity index (χ4v) is 1.66. The summed E-state index contributed by atoms with van der Waals surface area (Å²) in [5.74, 6) is 1.40. The van der Waals surface area contributed by atoms with Crippen molar-refractivity contribution >= 4 is 23.7 Å². The van der Waals surface area contributed by atoms with Gasteiger partial charge in [0.25, 0.3) is 5.22 Å². The van der Waals surface area contributed by atoms with E-state index in [0.29, 0.717) is 22.7 Å². The quantitative estimate of drug-likeness (QED) is 0.588. The first-order valence-electron chi connectivity index (χ1n) is 4.58. The first-order valence-corrected chi connectivity index (χ1v) is 5.57. The van der Waals surface area contributed by atoms with E-state index in [-0.39, 0.29) is 18.4 Å². The average molecular weight is 254 g/mol. The van der Waals surface area contributed by atoms with Crippen molar-refractivity contribution in [3.8, 4) is 0 Å². The van der Waals surface area contributed by atoms with Gasteiger partial charge < -0.3 is 21.6 Å². The second-order valence-corrected chi connectivity index (χ2v) is 3.85. The second kappa shape index (κ2) is 4.93. The average Bonchev–Trinajstić information content (AvgIpc) is 2.73. The minimum Gasteiger partial charge on any atom is -0.415 e. The summed E-state index contributed by atoms with van der Waals surface area (Å²) < 4.78 is 5.20. The minimum absolute atomic E-state index is 0.0845. The Hall–Kier alpha value is -1.94. The third kappa shape index (κ3) is 3.01. The Balaban J connectivity index is 2.01. The largest absolute Gasteiger partial charge is 0.415 e. The van der Waals surface area contributed by atoms with Crippen molar-refractivity contribution in [2.75, 3.05) is 11.5 Å². The number of nitrogen functional groups attached to an aromatic ring is 2. The number of nitrogens with zero attached hydrogens (tertiary/aromatic N) is 5. The number of hydrogen-bond donors (Lipinski definition) is 3. The third-order valence-corrected chi connectivity index (χ3v) is 2.48. The molecule has 0 aliphatic rings. The number of hydrogen-bond acceptors (Lipinski definition) is 10. The topological polar surface area (TPSA) is 156 Å². The fourth-order valence-electron chi connectivity index (χ4n) is 1.03. The molecule has 17 heavy (non-hydrogen) atoms. The predicted molar refractivity (Wildman–Crippen MR) is 60.4 cm³/mol. The molecule has 0 unspecified atom stereocenters. The molecule has 10 heteroatoms. The lowest BCUT2D eigenvalue weighted by atomic mass is 10.7. The van der Waals surface area contributed by atoms with Crippen LogP contribution in [0.15, 0.2) is 9.64 Å². The van der Waals surface area contributed by atoms with E-state index in [4.69, 9.17) is 21.6 Å². The van der Waals surface area contributed by atoms with Crippen molar-refractivity contribution < 1.29 is 4.42 Å². The molecule has 9 nitrogen and oxygen atoms in total. The Labute approximate surface area is 100 Å². The molecule has 0 aromatic carbocycles. The van der Waals surface area contributed by atoms with E-state index in [1.165, 1.54) is 11.8 Å². The van der Waals surface area contributed by atoms with Gasteiger partial charge >= 0.3 is 0 Å². The molecule has 0 atom stereocenters. The zero-order valence-electron chi connectivity index (χ0n) is 8.70. The van der Waals surface area contributed by atoms with Gasteiger partial charge in [0.2, 0.25) is 17.8 Å². The van der Waals surface area contributed by atoms with Crippen LogP contribution in [0, 0.1) is 0 Å². The summed E-state index contributed by atoms with van der Waals surface area (Å²) in [4.78, 5) is 11.5. The van der Waals surface area contributed by atoms with E-state index in [0.717, 1.165) is 0 Å². The van der Waals surface area contributed by atoms with Crippen molar-refractivity contribution in [1.29, 1.82) is 0 Å². The molecule has 0 bridgehead atoms. The molecular weight excluding hydrogens is 244 g/mol. The molecule has 0 amide bonds. The maximum absolute atomic E-state index is 5.43. The van der Waals surface area contributed by atoms with Crippen LogP contribution in [0.1, 0.15) is 11.7 Å². The highest BCUT2D eigenvalue weighted by Crippen LogP contribution is 2.19. The molecule has 0 aliphatic carbocycles. The number of rotatable bonds is 4. The van der Waals surface area contributed by atoms with Crippen molar-refractivity contribution in [2.45, 2.75) is 17.5 Å². The molecule has 2 heterocycles. The molecule has 2 aromatic rings. The van der Waals surface area contributed by atoms with E-state index in [9.17, 15) is 0 Å². The monoisotopic (exact) mass is 254 g/mol. The Morgan fingerprint density at radius 3 is 2.35 bits per heavy atom. The van der Waals surface area contributed by atoms with Crippen LogP contribution in [0.25, 0.3) is 0 Å². The van der Waals surface area contributed by atoms with Gasteiger partial charge in [-0.1, -0.05) is 11.8 Å². The standard InChI is InChI=1S/C7H10N8OS/c8-1-4-14-15-7(16-4)17-2-3-11-5(9)13-6(10)12-3/h1-2,8H2,(H4,9,10,11,12,13). The lowest BCUT2D eigenvalue weighted by molar-refractivity contribution is 0.414. The zero-order chi connectivity index (χ0) is 12.3. The maximum Gasteiger partial charge on any atom is 0.277 e. The highest BCUT2D eigenvalue weighted by molar-refractivity contribution is 7.98. The summed E-state index contributed by atoms with van der Waals surface area (Å²) in [7, 11) is 0. The highest BCUT2D eigenvalue weighted by atomic mass is 32.2. The fraction of sp³-hybridized carbons (Fsp3) is 0.286. The van der Waals surface area contributed by atoms with Crippen molar-refractivity contribution in [1.82, 2.24) is 25.1 Å². The van der Waals surface area contributed by atoms with Gasteiger partial charge in [-0.3, -0.25) is 0 Å². The molecule has 0 spiro atoms. The van der Waals surface area contributed by atoms with E-state index >= 15 is 0 Å². The molecule has 0 fully saturated rings. The van der Waals surface area contributed by atoms with Gasteiger partial charge in [-0.25, -0.2) is 0 Å². The molecule has 0 saturated carbocycles. The number of aromatic nitrogens is 5. The summed E-state index contributed by atoms with van der Waals surface area (Å²) in [6.45, 7) is 0.208. The molecule has 0 aliphatic heterocycles. The van der Waals surface area contributed by atoms with Crippen LogP contribution < -0.4 is 17.2 Å². The van der Waals surface area contributed by atoms with Gasteiger partial charge in [0, 0.05) is 0 Å². The zero-order valence-corrected chi connectivity index (χ0v) is 9.52. The Morgan fingerprint density at radius 1 is 1.06 bits per heavy atom. The number of nitrogens with two attached hydrogens (primary N) is 3. The van der Waals surface area contributed by atoms with Crippen LogP contribution in [0.4, 0.5) is 11.9 Å². The lowest BCUT2D eigenvalue weighted by Crippen LogP contribution is -2.05. The Bertz CT molecular complexity index is 494. The van der Waals surface area contributed by atoms with Crippen molar-refractivity contribution in [3.63, 3.8) is 0 Å². The summed E-state index contributed by atoms with van der Waals surface area (Å²) in [6, 6.07) is 0. The SMILES string of the molecule is NCc1nnc(SCc2nc(N)nc(N)n2)o1. The summed E-state index contributed by atoms with van der Waals surface area (Å²) in [5.41, 5.74) is 16.2. The summed E-state index contributed by atoms with van der Waals surface area (Å²) in [6.07, 6.45) is 0. The molecule has 0 saturated heterocycles. The van der Waals surface area contributed by atoms with Crippen LogP contribution in [-0.4, -0.2) is 25.1 Å². The highest BCUT2D eigenvalue weighted by Gasteiger charge is 2.08. The van der Waals surface area contributed by atoms with Crippen molar-refractivity contribution in [3.05, 3.63) is 11.7 Å². The molecular formula is C7H10N8OS. The summed E-state index contributed by atoms with van der Waals surface area (Å²) in [5, 5.41) is 7.89. The molecule has 2 aromatic heterocycles. The maximum atomic E-state index is 5.43. The first kappa shape index (κ1) is 11.5. The van der Waals surface area contributed by atoms with Gasteiger partial charge in [0.15, 0.2) is 0 Å². The summed E-state index contributed by atoms with van der Waals surface area (Å²) >= 11 is 1.27. The first-order chi connectivity index (χ1) is 8.17. The Kier molecular flexibility index (Phi) is 3.35. The van der Waals surface area contributed by atoms with Crippen LogP contribution in [0.2, 0.25) is 0 Å². The number of anilines is 2. The van der Waals surface area contributed by atoms with E-state index in [1.54, 1.807) is 0 Å². The lowest BCUT2D eigenvalue weighted by Gasteiger charge is -1.99. The van der Waals surface area contributed by atoms with Gasteiger partial charge in [-0.2, -0.15) is 15.0 Å². The second-order valence-electron chi connectivity index (χ2n) is 2.92. The van der Waals surface area contributed by atoms with Crippen LogP contribution in [-0.2, 0) is 12.3 Å². The Morgan fingerprint density at radius 2 is 1.76 bits per heavy atom. The third-order valence-electron chi connectivity index (χ3n) is 1.66. The van der Waals surface area contributed by atoms with Gasteiger partial charge in [-0.15, -0.1) is 10.2 Å². The molecule has 6 N–H and O–H groups in total. The van der Waals surface area contributed by atoms with E-state index in [1.807, 2.05) is 0 Å². The van der Waals surface area contributed by atoms with Crippen LogP contribution >= 0.6 is 11.8 Å². The molecule has 2 rings (SSSR count). The van der Waals surface area contributed by atoms with Crippen LogP contribution in [0.5, 0.6) is 0 Å². The number of thioether (sulfide) groups is 1. The van der Waals surface area contributed by atoms with E-state index in [2.05, 4.69) is 25.1 Å². The van der Waals surface area contributed by atoms with Gasteiger partial charge in [0.1, 0.15) is 5.82 Å². The normalized spacial score (nSPS) is 10.6. The molecule has 0 radical (unpaired) electrons.